The van der Waals surface area contributed by atoms with E-state index in [1.54, 1.807) is 0 Å². The molecule has 0 spiro atoms. The van der Waals surface area contributed by atoms with E-state index in [9.17, 15) is 0 Å². The molecule has 4 heteroatoms. The molecule has 1 aromatic heterocycles. The van der Waals surface area contributed by atoms with Gasteiger partial charge in [-0.2, -0.15) is 0 Å². The molecular weight excluding hydrogens is 424 g/mol. The van der Waals surface area contributed by atoms with E-state index in [2.05, 4.69) is 51.2 Å². The number of hydrogen-bond donors (Lipinski definition) is 1. The van der Waals surface area contributed by atoms with Crippen molar-refractivity contribution in [2.24, 2.45) is 11.7 Å². The summed E-state index contributed by atoms with van der Waals surface area (Å²) in [6, 6.07) is 17.1. The summed E-state index contributed by atoms with van der Waals surface area (Å²) in [7, 11) is 0. The molecule has 29 heavy (non-hydrogen) atoms. The molecule has 3 nitrogen and oxygen atoms in total. The van der Waals surface area contributed by atoms with Gasteiger partial charge in [0.05, 0.1) is 12.3 Å². The zero-order valence-electron chi connectivity index (χ0n) is 16.8. The van der Waals surface area contributed by atoms with E-state index in [0.29, 0.717) is 6.04 Å². The topological polar surface area (TPSA) is 48.1 Å². The number of halogens is 1. The van der Waals surface area contributed by atoms with Crippen molar-refractivity contribution < 1.29 is 4.74 Å². The fourth-order valence-corrected chi connectivity index (χ4v) is 4.13. The van der Waals surface area contributed by atoms with Crippen molar-refractivity contribution in [2.45, 2.75) is 51.0 Å². The number of nitrogens with zero attached hydrogens (tertiary/aromatic N) is 1. The number of hydrogen-bond acceptors (Lipinski definition) is 3. The molecule has 4 rings (SSSR count). The molecular formula is C25H29BrN2O. The summed E-state index contributed by atoms with van der Waals surface area (Å²) >= 11 is 3.49. The summed E-state index contributed by atoms with van der Waals surface area (Å²) < 4.78 is 7.07. The van der Waals surface area contributed by atoms with Crippen LogP contribution in [0.5, 0.6) is 5.75 Å². The summed E-state index contributed by atoms with van der Waals surface area (Å²) in [4.78, 5) is 4.60. The SMILES string of the molecule is NC(CCCCCCOc1ccc2c(-c3ccc(Br)cc3)nccc2c1)C1CC1. The number of rotatable bonds is 10. The van der Waals surface area contributed by atoms with Gasteiger partial charge in [-0.05, 0) is 73.4 Å². The van der Waals surface area contributed by atoms with Crippen LogP contribution in [0, 0.1) is 5.92 Å². The molecule has 0 bridgehead atoms. The second-order valence-electron chi connectivity index (χ2n) is 8.10. The van der Waals surface area contributed by atoms with Crippen LogP contribution in [0.15, 0.2) is 59.2 Å². The second kappa shape index (κ2) is 9.73. The second-order valence-corrected chi connectivity index (χ2v) is 9.02. The third-order valence-electron chi connectivity index (χ3n) is 5.78. The van der Waals surface area contributed by atoms with Gasteiger partial charge in [-0.3, -0.25) is 4.98 Å². The predicted molar refractivity (Wildman–Crippen MR) is 124 cm³/mol. The van der Waals surface area contributed by atoms with Crippen LogP contribution in [-0.2, 0) is 0 Å². The standard InChI is InChI=1S/C25H29BrN2O/c26-21-10-8-19(9-11-21)25-23-13-12-22(17-20(23)14-15-28-25)29-16-4-2-1-3-5-24(27)18-6-7-18/h8-15,17-18,24H,1-7,16,27H2. The van der Waals surface area contributed by atoms with E-state index in [-0.39, 0.29) is 0 Å². The van der Waals surface area contributed by atoms with Gasteiger partial charge in [-0.1, -0.05) is 47.3 Å². The fourth-order valence-electron chi connectivity index (χ4n) is 3.87. The van der Waals surface area contributed by atoms with Crippen LogP contribution < -0.4 is 10.5 Å². The lowest BCUT2D eigenvalue weighted by Gasteiger charge is -2.11. The molecule has 1 fully saturated rings. The lowest BCUT2D eigenvalue weighted by Crippen LogP contribution is -2.21. The van der Waals surface area contributed by atoms with Gasteiger partial charge >= 0.3 is 0 Å². The Balaban J connectivity index is 1.28. The number of unbranched alkanes of at least 4 members (excludes halogenated alkanes) is 3. The molecule has 0 amide bonds. The molecule has 1 atom stereocenters. The lowest BCUT2D eigenvalue weighted by atomic mass is 10.0. The Morgan fingerprint density at radius 3 is 2.59 bits per heavy atom. The van der Waals surface area contributed by atoms with Crippen LogP contribution in [0.4, 0.5) is 0 Å². The molecule has 2 N–H and O–H groups in total. The number of benzene rings is 2. The Bertz CT molecular complexity index is 937. The highest BCUT2D eigenvalue weighted by Crippen LogP contribution is 2.33. The normalized spacial score (nSPS) is 14.8. The van der Waals surface area contributed by atoms with Gasteiger partial charge < -0.3 is 10.5 Å². The Kier molecular flexibility index (Phi) is 6.83. The van der Waals surface area contributed by atoms with E-state index in [1.165, 1.54) is 38.5 Å². The molecule has 2 aromatic carbocycles. The van der Waals surface area contributed by atoms with Crippen molar-refractivity contribution in [1.82, 2.24) is 4.98 Å². The van der Waals surface area contributed by atoms with Crippen LogP contribution in [0.3, 0.4) is 0 Å². The fraction of sp³-hybridized carbons (Fsp3) is 0.400. The Hall–Kier alpha value is -1.91. The maximum Gasteiger partial charge on any atom is 0.119 e. The number of aromatic nitrogens is 1. The maximum absolute atomic E-state index is 6.16. The summed E-state index contributed by atoms with van der Waals surface area (Å²) in [5, 5.41) is 2.30. The van der Waals surface area contributed by atoms with E-state index in [0.717, 1.165) is 51.2 Å². The van der Waals surface area contributed by atoms with Gasteiger partial charge in [0.25, 0.3) is 0 Å². The average molecular weight is 453 g/mol. The van der Waals surface area contributed by atoms with Gasteiger partial charge in [-0.25, -0.2) is 0 Å². The minimum Gasteiger partial charge on any atom is -0.494 e. The first-order chi connectivity index (χ1) is 14.2. The Labute approximate surface area is 181 Å². The molecule has 0 saturated heterocycles. The van der Waals surface area contributed by atoms with Crippen LogP contribution in [0.2, 0.25) is 0 Å². The smallest absolute Gasteiger partial charge is 0.119 e. The zero-order valence-corrected chi connectivity index (χ0v) is 18.4. The van der Waals surface area contributed by atoms with Crippen molar-refractivity contribution in [2.75, 3.05) is 6.61 Å². The lowest BCUT2D eigenvalue weighted by molar-refractivity contribution is 0.304. The molecule has 0 radical (unpaired) electrons. The van der Waals surface area contributed by atoms with Crippen LogP contribution in [-0.4, -0.2) is 17.6 Å². The van der Waals surface area contributed by atoms with Crippen molar-refractivity contribution >= 4 is 26.7 Å². The van der Waals surface area contributed by atoms with Crippen LogP contribution >= 0.6 is 15.9 Å². The Morgan fingerprint density at radius 1 is 1.00 bits per heavy atom. The minimum atomic E-state index is 0.445. The average Bonchev–Trinajstić information content (AvgIpc) is 3.58. The first-order valence-electron chi connectivity index (χ1n) is 10.7. The monoisotopic (exact) mass is 452 g/mol. The van der Waals surface area contributed by atoms with Crippen molar-refractivity contribution in [3.05, 3.63) is 59.2 Å². The van der Waals surface area contributed by atoms with Gasteiger partial charge in [0.2, 0.25) is 0 Å². The first-order valence-corrected chi connectivity index (χ1v) is 11.5. The highest BCUT2D eigenvalue weighted by molar-refractivity contribution is 9.10. The highest BCUT2D eigenvalue weighted by Gasteiger charge is 2.27. The molecule has 1 heterocycles. The van der Waals surface area contributed by atoms with Crippen molar-refractivity contribution in [3.63, 3.8) is 0 Å². The van der Waals surface area contributed by atoms with Crippen LogP contribution in [0.1, 0.15) is 44.9 Å². The predicted octanol–water partition coefficient (Wildman–Crippen LogP) is 6.73. The molecule has 152 valence electrons. The van der Waals surface area contributed by atoms with Crippen molar-refractivity contribution in [3.8, 4) is 17.0 Å². The van der Waals surface area contributed by atoms with Gasteiger partial charge in [0.1, 0.15) is 5.75 Å². The number of nitrogens with two attached hydrogens (primary N) is 1. The minimum absolute atomic E-state index is 0.445. The van der Waals surface area contributed by atoms with E-state index in [1.807, 2.05) is 24.4 Å². The van der Waals surface area contributed by atoms with Gasteiger partial charge in [0.15, 0.2) is 0 Å². The summed E-state index contributed by atoms with van der Waals surface area (Å²) in [6.07, 6.45) is 10.6. The third-order valence-corrected chi connectivity index (χ3v) is 6.31. The first kappa shape index (κ1) is 20.4. The largest absolute Gasteiger partial charge is 0.494 e. The molecule has 3 aromatic rings. The quantitative estimate of drug-likeness (QED) is 0.346. The number of fused-ring (bicyclic) bond motifs is 1. The van der Waals surface area contributed by atoms with E-state index in [4.69, 9.17) is 10.5 Å². The van der Waals surface area contributed by atoms with E-state index >= 15 is 0 Å². The summed E-state index contributed by atoms with van der Waals surface area (Å²) in [5.41, 5.74) is 8.29. The van der Waals surface area contributed by atoms with Gasteiger partial charge in [0, 0.05) is 27.7 Å². The molecule has 0 aliphatic heterocycles. The summed E-state index contributed by atoms with van der Waals surface area (Å²) in [5.74, 6) is 1.76. The number of pyridine rings is 1. The third kappa shape index (κ3) is 5.58. The van der Waals surface area contributed by atoms with Gasteiger partial charge in [-0.15, -0.1) is 0 Å². The molecule has 1 saturated carbocycles. The van der Waals surface area contributed by atoms with Crippen LogP contribution in [0.25, 0.3) is 22.0 Å². The molecule has 1 aliphatic carbocycles. The Morgan fingerprint density at radius 2 is 1.79 bits per heavy atom. The van der Waals surface area contributed by atoms with E-state index < -0.39 is 0 Å². The molecule has 1 aliphatic rings. The van der Waals surface area contributed by atoms with Crippen molar-refractivity contribution in [1.29, 1.82) is 0 Å². The summed E-state index contributed by atoms with van der Waals surface area (Å²) in [6.45, 7) is 0.769. The number of ether oxygens (including phenoxy) is 1. The maximum atomic E-state index is 6.16. The highest BCUT2D eigenvalue weighted by atomic mass is 79.9. The zero-order chi connectivity index (χ0) is 20.1. The molecule has 1 unspecified atom stereocenters.